The minimum Gasteiger partial charge on any atom is -0.316 e. The van der Waals surface area contributed by atoms with E-state index >= 15 is 0 Å². The number of rotatable bonds is 9. The van der Waals surface area contributed by atoms with E-state index in [4.69, 9.17) is 4.74 Å². The lowest BCUT2D eigenvalue weighted by molar-refractivity contribution is -0.248. The van der Waals surface area contributed by atoms with Crippen LogP contribution in [0.25, 0.3) is 0 Å². The molecule has 2 fully saturated rings. The Bertz CT molecular complexity index is 973. The van der Waals surface area contributed by atoms with E-state index in [9.17, 15) is 8.78 Å². The maximum Gasteiger partial charge on any atom is 0.383 e. The number of ether oxygens (including phenoxy) is 1. The average Bonchev–Trinajstić information content (AvgIpc) is 2.90. The van der Waals surface area contributed by atoms with Crippen molar-refractivity contribution in [3.8, 4) is 0 Å². The van der Waals surface area contributed by atoms with Crippen molar-refractivity contribution in [2.75, 3.05) is 6.61 Å². The molecule has 0 unspecified atom stereocenters. The van der Waals surface area contributed by atoms with Crippen LogP contribution in [0.4, 0.5) is 8.78 Å². The first kappa shape index (κ1) is 26.8. The van der Waals surface area contributed by atoms with E-state index in [0.29, 0.717) is 24.2 Å². The Kier molecular flexibility index (Phi) is 9.53. The number of benzene rings is 2. The lowest BCUT2D eigenvalue weighted by Crippen LogP contribution is -2.20. The second-order valence-electron chi connectivity index (χ2n) is 10.8. The molecule has 0 radical (unpaired) electrons. The highest BCUT2D eigenvalue weighted by atomic mass is 19.3. The molecule has 2 aromatic carbocycles. The smallest absolute Gasteiger partial charge is 0.316 e. The fourth-order valence-electron chi connectivity index (χ4n) is 6.12. The third-order valence-electron chi connectivity index (χ3n) is 8.32. The van der Waals surface area contributed by atoms with Gasteiger partial charge in [0.05, 0.1) is 12.2 Å². The standard InChI is InChI=1S/C33H42F2O/c1-3-5-25-7-13-28(14-8-25)29-17-11-27(12-18-29)23-24-36-33(34,35)32-21-19-31(20-22-32)30-15-9-26(6-4-2)10-16-30/h3-6,11-12,17-22,25-26,28,30H,7-10,13-16,23-24H2,1-2H3/b5-3+,6-4+/t25-,26-,28-,30-. The van der Waals surface area contributed by atoms with Crippen molar-refractivity contribution in [1.82, 2.24) is 0 Å². The van der Waals surface area contributed by atoms with Gasteiger partial charge < -0.3 is 4.74 Å². The van der Waals surface area contributed by atoms with Gasteiger partial charge in [0.15, 0.2) is 0 Å². The molecule has 1 nitrogen and oxygen atoms in total. The maximum absolute atomic E-state index is 14.7. The molecule has 2 aliphatic rings. The van der Waals surface area contributed by atoms with E-state index in [1.807, 2.05) is 12.1 Å². The van der Waals surface area contributed by atoms with Gasteiger partial charge in [0.2, 0.25) is 0 Å². The van der Waals surface area contributed by atoms with Gasteiger partial charge in [0.25, 0.3) is 0 Å². The highest BCUT2D eigenvalue weighted by Gasteiger charge is 2.33. The molecule has 0 heterocycles. The molecule has 0 aromatic heterocycles. The molecule has 0 amide bonds. The highest BCUT2D eigenvalue weighted by molar-refractivity contribution is 5.28. The summed E-state index contributed by atoms with van der Waals surface area (Å²) in [7, 11) is 0. The van der Waals surface area contributed by atoms with Crippen molar-refractivity contribution in [2.45, 2.75) is 89.6 Å². The van der Waals surface area contributed by atoms with Gasteiger partial charge in [0.1, 0.15) is 0 Å². The third kappa shape index (κ3) is 7.16. The molecule has 0 spiro atoms. The molecule has 3 heteroatoms. The Hall–Kier alpha value is -2.26. The number of hydrogen-bond donors (Lipinski definition) is 0. The number of hydrogen-bond acceptors (Lipinski definition) is 1. The summed E-state index contributed by atoms with van der Waals surface area (Å²) in [5, 5.41) is 0. The van der Waals surface area contributed by atoms with E-state index in [0.717, 1.165) is 24.3 Å². The van der Waals surface area contributed by atoms with Gasteiger partial charge in [-0.2, -0.15) is 8.78 Å². The third-order valence-corrected chi connectivity index (χ3v) is 8.32. The van der Waals surface area contributed by atoms with Crippen LogP contribution in [0.5, 0.6) is 0 Å². The van der Waals surface area contributed by atoms with Crippen LogP contribution in [0.3, 0.4) is 0 Å². The SMILES string of the molecule is C/C=C/[C@H]1CC[C@H](c2ccc(CCOC(F)(F)c3ccc([C@H]4CC[C@H](/C=C/C)CC4)cc3)cc2)CC1. The molecule has 0 N–H and O–H groups in total. The predicted molar refractivity (Wildman–Crippen MR) is 145 cm³/mol. The average molecular weight is 493 g/mol. The summed E-state index contributed by atoms with van der Waals surface area (Å²) in [6.45, 7) is 4.16. The molecule has 0 aliphatic heterocycles. The molecular formula is C33H42F2O. The van der Waals surface area contributed by atoms with Crippen molar-refractivity contribution in [1.29, 1.82) is 0 Å². The predicted octanol–water partition coefficient (Wildman–Crippen LogP) is 9.69. The van der Waals surface area contributed by atoms with E-state index < -0.39 is 6.11 Å². The summed E-state index contributed by atoms with van der Waals surface area (Å²) >= 11 is 0. The maximum atomic E-state index is 14.7. The van der Waals surface area contributed by atoms with Crippen LogP contribution in [0.1, 0.15) is 99.3 Å². The quantitative estimate of drug-likeness (QED) is 0.317. The highest BCUT2D eigenvalue weighted by Crippen LogP contribution is 2.38. The summed E-state index contributed by atoms with van der Waals surface area (Å²) < 4.78 is 34.5. The van der Waals surface area contributed by atoms with E-state index in [-0.39, 0.29) is 12.2 Å². The second-order valence-corrected chi connectivity index (χ2v) is 10.8. The van der Waals surface area contributed by atoms with Crippen molar-refractivity contribution in [2.24, 2.45) is 11.8 Å². The van der Waals surface area contributed by atoms with Crippen molar-refractivity contribution in [3.05, 3.63) is 95.1 Å². The Labute approximate surface area is 216 Å². The van der Waals surface area contributed by atoms with Gasteiger partial charge in [-0.3, -0.25) is 0 Å². The Morgan fingerprint density at radius 1 is 0.694 bits per heavy atom. The summed E-state index contributed by atoms with van der Waals surface area (Å²) in [5.74, 6) is 2.49. The number of allylic oxidation sites excluding steroid dienone is 4. The van der Waals surface area contributed by atoms with Crippen LogP contribution in [0, 0.1) is 11.8 Å². The summed E-state index contributed by atoms with van der Waals surface area (Å²) in [6, 6.07) is 15.4. The normalized spacial score (nSPS) is 25.6. The van der Waals surface area contributed by atoms with Crippen molar-refractivity contribution < 1.29 is 13.5 Å². The number of halogens is 2. The zero-order chi connectivity index (χ0) is 25.4. The lowest BCUT2D eigenvalue weighted by Gasteiger charge is -2.27. The minimum absolute atomic E-state index is 0.00246. The van der Waals surface area contributed by atoms with Crippen LogP contribution < -0.4 is 0 Å². The first-order valence-corrected chi connectivity index (χ1v) is 13.9. The lowest BCUT2D eigenvalue weighted by atomic mass is 9.78. The monoisotopic (exact) mass is 492 g/mol. The van der Waals surface area contributed by atoms with Crippen LogP contribution in [0.2, 0.25) is 0 Å². The summed E-state index contributed by atoms with van der Waals surface area (Å²) in [5.41, 5.74) is 3.53. The molecule has 4 rings (SSSR count). The first-order valence-electron chi connectivity index (χ1n) is 13.9. The van der Waals surface area contributed by atoms with Crippen LogP contribution in [0.15, 0.2) is 72.8 Å². The van der Waals surface area contributed by atoms with Gasteiger partial charge in [-0.1, -0.05) is 72.8 Å². The topological polar surface area (TPSA) is 9.23 Å². The fourth-order valence-corrected chi connectivity index (χ4v) is 6.12. The van der Waals surface area contributed by atoms with Gasteiger partial charge in [-0.05, 0) is 112 Å². The van der Waals surface area contributed by atoms with Gasteiger partial charge in [-0.25, -0.2) is 0 Å². The van der Waals surface area contributed by atoms with Crippen LogP contribution in [-0.4, -0.2) is 6.61 Å². The molecule has 2 aromatic rings. The van der Waals surface area contributed by atoms with Crippen molar-refractivity contribution >= 4 is 0 Å². The first-order chi connectivity index (χ1) is 17.5. The molecule has 36 heavy (non-hydrogen) atoms. The zero-order valence-electron chi connectivity index (χ0n) is 22.0. The summed E-state index contributed by atoms with van der Waals surface area (Å²) in [4.78, 5) is 0. The molecule has 2 saturated carbocycles. The van der Waals surface area contributed by atoms with E-state index in [1.165, 1.54) is 49.7 Å². The zero-order valence-corrected chi connectivity index (χ0v) is 22.0. The van der Waals surface area contributed by atoms with E-state index in [1.54, 1.807) is 12.1 Å². The Balaban J connectivity index is 1.24. The Morgan fingerprint density at radius 3 is 1.58 bits per heavy atom. The van der Waals surface area contributed by atoms with Gasteiger partial charge in [-0.15, -0.1) is 0 Å². The second kappa shape index (κ2) is 12.8. The van der Waals surface area contributed by atoms with E-state index in [2.05, 4.69) is 62.4 Å². The molecule has 0 atom stereocenters. The molecule has 0 bridgehead atoms. The molecular weight excluding hydrogens is 450 g/mol. The van der Waals surface area contributed by atoms with Crippen LogP contribution in [-0.2, 0) is 17.3 Å². The molecule has 194 valence electrons. The molecule has 2 aliphatic carbocycles. The van der Waals surface area contributed by atoms with Crippen LogP contribution >= 0.6 is 0 Å². The minimum atomic E-state index is -3.27. The van der Waals surface area contributed by atoms with Gasteiger partial charge >= 0.3 is 6.11 Å². The largest absolute Gasteiger partial charge is 0.383 e. The fraction of sp³-hybridized carbons (Fsp3) is 0.515. The Morgan fingerprint density at radius 2 is 1.14 bits per heavy atom. The van der Waals surface area contributed by atoms with Gasteiger partial charge in [0, 0.05) is 0 Å². The summed E-state index contributed by atoms with van der Waals surface area (Å²) in [6.07, 6.45) is 15.7. The van der Waals surface area contributed by atoms with Crippen molar-refractivity contribution in [3.63, 3.8) is 0 Å². The number of alkyl halides is 2. The molecule has 0 saturated heterocycles.